The number of nitrogens with zero attached hydrogens (tertiary/aromatic N) is 4. The maximum atomic E-state index is 10.0. The Hall–Kier alpha value is -1.80. The van der Waals surface area contributed by atoms with E-state index in [2.05, 4.69) is 16.8 Å². The first-order valence-corrected chi connectivity index (χ1v) is 7.54. The molecule has 0 amide bonds. The molecule has 0 saturated carbocycles. The van der Waals surface area contributed by atoms with Gasteiger partial charge in [-0.2, -0.15) is 0 Å². The third-order valence-corrected chi connectivity index (χ3v) is 4.46. The van der Waals surface area contributed by atoms with Crippen LogP contribution in [0.4, 0.5) is 0 Å². The molecule has 0 aliphatic heterocycles. The van der Waals surface area contributed by atoms with Gasteiger partial charge in [-0.15, -0.1) is 10.2 Å². The highest BCUT2D eigenvalue weighted by atomic mass is 32.1. The van der Waals surface area contributed by atoms with E-state index < -0.39 is 0 Å². The highest BCUT2D eigenvalue weighted by Gasteiger charge is 2.08. The lowest BCUT2D eigenvalue weighted by atomic mass is 10.3. The van der Waals surface area contributed by atoms with Gasteiger partial charge < -0.3 is 10.2 Å². The molecule has 2 rings (SSSR count). The van der Waals surface area contributed by atoms with Crippen LogP contribution in [0.5, 0.6) is 11.8 Å². The number of aromatic hydroxyl groups is 2. The van der Waals surface area contributed by atoms with Crippen LogP contribution in [0.25, 0.3) is 0 Å². The lowest BCUT2D eigenvalue weighted by Gasteiger charge is -2.03. The first-order chi connectivity index (χ1) is 9.40. The largest absolute Gasteiger partial charge is 0.494 e. The van der Waals surface area contributed by atoms with Gasteiger partial charge >= 0.3 is 0 Å². The van der Waals surface area contributed by atoms with Gasteiger partial charge in [0.05, 0.1) is 10.3 Å². The van der Waals surface area contributed by atoms with E-state index in [-0.39, 0.29) is 11.8 Å². The molecule has 2 heterocycles. The molecular formula is C12H16N4O2S2. The molecule has 0 atom stereocenters. The number of rotatable bonds is 3. The van der Waals surface area contributed by atoms with E-state index in [1.165, 1.54) is 27.2 Å². The molecule has 2 aromatic heterocycles. The summed E-state index contributed by atoms with van der Waals surface area (Å²) in [5, 5.41) is 29.4. The Morgan fingerprint density at radius 3 is 2.55 bits per heavy atom. The average molecular weight is 312 g/mol. The summed E-state index contributed by atoms with van der Waals surface area (Å²) >= 11 is 2.65. The van der Waals surface area contributed by atoms with Crippen molar-refractivity contribution in [1.29, 1.82) is 0 Å². The standard InChI is InChI=1S/C12H16N4O2S2/c1-7(2)5-16-10(18)8(3)20-12(16)14-13-11-15(4)9(17)6-19-11/h6,17-18H,1,5H2,2-4H3/b13-11-,14-12?. The molecule has 0 spiro atoms. The minimum Gasteiger partial charge on any atom is -0.494 e. The Bertz CT molecular complexity index is 776. The Kier molecular flexibility index (Phi) is 4.15. The maximum Gasteiger partial charge on any atom is 0.214 e. The Morgan fingerprint density at radius 1 is 1.35 bits per heavy atom. The van der Waals surface area contributed by atoms with Gasteiger partial charge in [0.25, 0.3) is 0 Å². The number of hydrogen-bond donors (Lipinski definition) is 2. The van der Waals surface area contributed by atoms with Crippen LogP contribution in [0.3, 0.4) is 0 Å². The summed E-state index contributed by atoms with van der Waals surface area (Å²) in [4.78, 5) is 1.95. The minimum absolute atomic E-state index is 0.143. The summed E-state index contributed by atoms with van der Waals surface area (Å²) in [5.41, 5.74) is 0.916. The molecule has 0 aliphatic carbocycles. The summed E-state index contributed by atoms with van der Waals surface area (Å²) in [6.07, 6.45) is 0. The minimum atomic E-state index is 0.143. The van der Waals surface area contributed by atoms with Crippen LogP contribution in [-0.2, 0) is 13.6 Å². The van der Waals surface area contributed by atoms with E-state index in [1.807, 2.05) is 13.8 Å². The molecule has 108 valence electrons. The summed E-state index contributed by atoms with van der Waals surface area (Å²) in [6, 6.07) is 0. The molecule has 6 nitrogen and oxygen atoms in total. The van der Waals surface area contributed by atoms with E-state index in [9.17, 15) is 10.2 Å². The number of allylic oxidation sites excluding steroid dienone is 1. The van der Waals surface area contributed by atoms with Crippen LogP contribution in [0.1, 0.15) is 11.8 Å². The Morgan fingerprint density at radius 2 is 2.00 bits per heavy atom. The Labute approximate surface area is 123 Å². The van der Waals surface area contributed by atoms with Gasteiger partial charge in [0, 0.05) is 13.6 Å². The van der Waals surface area contributed by atoms with Crippen molar-refractivity contribution in [2.45, 2.75) is 20.4 Å². The smallest absolute Gasteiger partial charge is 0.214 e. The van der Waals surface area contributed by atoms with E-state index in [1.54, 1.807) is 17.0 Å². The fraction of sp³-hybridized carbons (Fsp3) is 0.333. The zero-order valence-corrected chi connectivity index (χ0v) is 13.1. The van der Waals surface area contributed by atoms with Crippen LogP contribution >= 0.6 is 22.7 Å². The number of hydrogen-bond acceptors (Lipinski definition) is 6. The fourth-order valence-electron chi connectivity index (χ4n) is 1.54. The van der Waals surface area contributed by atoms with Gasteiger partial charge in [-0.05, 0) is 13.8 Å². The van der Waals surface area contributed by atoms with Crippen molar-refractivity contribution < 1.29 is 10.2 Å². The predicted molar refractivity (Wildman–Crippen MR) is 79.6 cm³/mol. The van der Waals surface area contributed by atoms with E-state index >= 15 is 0 Å². The zero-order chi connectivity index (χ0) is 14.9. The highest BCUT2D eigenvalue weighted by Crippen LogP contribution is 2.19. The molecule has 2 aromatic rings. The summed E-state index contributed by atoms with van der Waals surface area (Å²) in [6.45, 7) is 8.05. The molecule has 0 radical (unpaired) electrons. The molecule has 0 saturated heterocycles. The van der Waals surface area contributed by atoms with Crippen LogP contribution < -0.4 is 9.60 Å². The number of aromatic nitrogens is 2. The normalized spacial score (nSPS) is 13.2. The molecule has 8 heteroatoms. The van der Waals surface area contributed by atoms with Crippen molar-refractivity contribution in [3.05, 3.63) is 32.0 Å². The molecule has 0 unspecified atom stereocenters. The SMILES string of the molecule is C=C(C)Cn1c(O)c(C)sc1=N/N=c1\scc(O)n1C. The molecule has 20 heavy (non-hydrogen) atoms. The lowest BCUT2D eigenvalue weighted by molar-refractivity contribution is 0.415. The molecule has 0 fully saturated rings. The zero-order valence-electron chi connectivity index (χ0n) is 11.5. The summed E-state index contributed by atoms with van der Waals surface area (Å²) in [7, 11) is 1.71. The van der Waals surface area contributed by atoms with Gasteiger partial charge in [0.2, 0.25) is 21.4 Å². The monoisotopic (exact) mass is 312 g/mol. The summed E-state index contributed by atoms with van der Waals surface area (Å²) < 4.78 is 3.21. The van der Waals surface area contributed by atoms with Crippen molar-refractivity contribution in [2.75, 3.05) is 0 Å². The average Bonchev–Trinajstić information content (AvgIpc) is 2.83. The van der Waals surface area contributed by atoms with E-state index in [4.69, 9.17) is 0 Å². The van der Waals surface area contributed by atoms with Crippen molar-refractivity contribution in [2.24, 2.45) is 17.3 Å². The van der Waals surface area contributed by atoms with Crippen molar-refractivity contribution in [1.82, 2.24) is 9.13 Å². The predicted octanol–water partition coefficient (Wildman–Crippen LogP) is 1.66. The number of aryl methyl sites for hydroxylation is 1. The molecular weight excluding hydrogens is 296 g/mol. The van der Waals surface area contributed by atoms with E-state index in [0.717, 1.165) is 10.5 Å². The first-order valence-electron chi connectivity index (χ1n) is 5.85. The maximum absolute atomic E-state index is 10.0. The summed E-state index contributed by atoms with van der Waals surface area (Å²) in [5.74, 6) is 0.328. The van der Waals surface area contributed by atoms with Crippen LogP contribution in [0.15, 0.2) is 27.7 Å². The van der Waals surface area contributed by atoms with Gasteiger partial charge in [0.15, 0.2) is 0 Å². The second kappa shape index (κ2) is 5.68. The second-order valence-electron chi connectivity index (χ2n) is 4.44. The molecule has 0 bridgehead atoms. The third-order valence-electron chi connectivity index (χ3n) is 2.60. The van der Waals surface area contributed by atoms with Crippen LogP contribution in [0.2, 0.25) is 0 Å². The van der Waals surface area contributed by atoms with Crippen molar-refractivity contribution in [3.63, 3.8) is 0 Å². The highest BCUT2D eigenvalue weighted by molar-refractivity contribution is 7.09. The van der Waals surface area contributed by atoms with Crippen molar-refractivity contribution >= 4 is 22.7 Å². The van der Waals surface area contributed by atoms with Gasteiger partial charge in [-0.3, -0.25) is 9.13 Å². The van der Waals surface area contributed by atoms with E-state index in [0.29, 0.717) is 16.1 Å². The lowest BCUT2D eigenvalue weighted by Crippen LogP contribution is -2.16. The Balaban J connectivity index is 2.55. The van der Waals surface area contributed by atoms with Gasteiger partial charge in [-0.25, -0.2) is 0 Å². The molecule has 2 N–H and O–H groups in total. The van der Waals surface area contributed by atoms with Crippen LogP contribution in [0, 0.1) is 6.92 Å². The molecule has 0 aromatic carbocycles. The first kappa shape index (κ1) is 14.6. The fourth-order valence-corrected chi connectivity index (χ4v) is 3.07. The topological polar surface area (TPSA) is 75.0 Å². The quantitative estimate of drug-likeness (QED) is 0.668. The second-order valence-corrected chi connectivity index (χ2v) is 6.46. The van der Waals surface area contributed by atoms with Gasteiger partial charge in [-0.1, -0.05) is 34.8 Å². The van der Waals surface area contributed by atoms with Crippen molar-refractivity contribution in [3.8, 4) is 11.8 Å². The van der Waals surface area contributed by atoms with Gasteiger partial charge in [0.1, 0.15) is 0 Å². The number of thiazole rings is 2. The third kappa shape index (κ3) is 2.86. The van der Waals surface area contributed by atoms with Crippen LogP contribution in [-0.4, -0.2) is 19.3 Å². The molecule has 0 aliphatic rings.